The van der Waals surface area contributed by atoms with Gasteiger partial charge in [0.25, 0.3) is 0 Å². The van der Waals surface area contributed by atoms with Gasteiger partial charge in [0.15, 0.2) is 19.7 Å². The minimum atomic E-state index is -6.58. The Morgan fingerprint density at radius 1 is 0.316 bits per heavy atom. The molecule has 15 aromatic rings. The van der Waals surface area contributed by atoms with Crippen molar-refractivity contribution in [3.8, 4) is 40.1 Å². The molecule has 4 heterocycles. The summed E-state index contributed by atoms with van der Waals surface area (Å²) in [5.41, 5.74) is -5.77. The predicted octanol–water partition coefficient (Wildman–Crippen LogP) is 13.9. The molecule has 11 aromatic carbocycles. The molecule has 0 aliphatic carbocycles. The van der Waals surface area contributed by atoms with Gasteiger partial charge >= 0.3 is 0 Å². The highest BCUT2D eigenvalue weighted by Gasteiger charge is 2.41. The molecule has 15 rings (SSSR count). The molecule has 76 heavy (non-hydrogen) atoms. The molecule has 0 saturated heterocycles. The average molecular weight is 1030 g/mol. The lowest BCUT2D eigenvalue weighted by molar-refractivity contribution is 0.950. The van der Waals surface area contributed by atoms with E-state index in [4.69, 9.17) is 19.2 Å². The van der Waals surface area contributed by atoms with Crippen LogP contribution >= 0.6 is 0 Å². The summed E-state index contributed by atoms with van der Waals surface area (Å²) in [6.45, 7) is 0. The standard InChI is InChI=1S/C69H46N6Si/c1-5-22-47(23-6-1)67-70-68(48-40-43-53(44-41-48)76(50-24-7-2-8-25-50,51-26-9-3-10-27-51)52-28-11-4-12-29-52)72-69(71-67)75-63-38-20-16-33-57(63)59-34-21-39-64(66(59)75)74-62-37-19-15-32-56(62)58-45-42-49(46-65(58)74)73-60-35-17-13-30-54(60)55-31-14-18-36-61(55)73/h1-46H/i1D,2D,3D,4D,5D,6D,7D,8D,9D,10D,11D,12D,15D,16D,19D,20D,21D,22D,23D,24D,25D,26D,27D,28D,29D,32D,33D,34D,37D,38D,39D,40D,41D,42D,43D,44D,45D,46D. The van der Waals surface area contributed by atoms with Crippen molar-refractivity contribution in [2.24, 2.45) is 0 Å². The summed E-state index contributed by atoms with van der Waals surface area (Å²) in [6, 6.07) is -30.7. The third-order valence-electron chi connectivity index (χ3n) is 12.8. The molecule has 0 amide bonds. The van der Waals surface area contributed by atoms with E-state index in [2.05, 4.69) is 15.0 Å². The van der Waals surface area contributed by atoms with Crippen molar-refractivity contribution in [2.75, 3.05) is 0 Å². The monoisotopic (exact) mass is 1020 g/mol. The molecule has 0 saturated carbocycles. The van der Waals surface area contributed by atoms with Crippen LogP contribution < -0.4 is 20.7 Å². The van der Waals surface area contributed by atoms with Crippen LogP contribution in [-0.4, -0.2) is 36.7 Å². The fraction of sp³-hybridized carbons (Fsp3) is 0. The molecule has 0 aliphatic heterocycles. The van der Waals surface area contributed by atoms with Crippen molar-refractivity contribution in [3.05, 3.63) is 278 Å². The molecule has 0 radical (unpaired) electrons. The van der Waals surface area contributed by atoms with E-state index in [-0.39, 0.29) is 5.69 Å². The van der Waals surface area contributed by atoms with Crippen LogP contribution in [0.2, 0.25) is 0 Å². The predicted molar refractivity (Wildman–Crippen MR) is 317 cm³/mol. The highest BCUT2D eigenvalue weighted by atomic mass is 28.3. The number of aromatic nitrogens is 6. The van der Waals surface area contributed by atoms with Crippen molar-refractivity contribution >= 4 is 94.2 Å². The molecule has 4 aromatic heterocycles. The maximum atomic E-state index is 10.5. The summed E-state index contributed by atoms with van der Waals surface area (Å²) in [7, 11) is -6.58. The van der Waals surface area contributed by atoms with Gasteiger partial charge in [-0.3, -0.25) is 4.57 Å². The molecule has 0 fully saturated rings. The number of rotatable bonds is 9. The molecule has 356 valence electrons. The van der Waals surface area contributed by atoms with Crippen molar-refractivity contribution < 1.29 is 52.1 Å². The number of fused-ring (bicyclic) bond motifs is 9. The second-order valence-electron chi connectivity index (χ2n) is 16.7. The number of nitrogens with zero attached hydrogens (tertiary/aromatic N) is 6. The molecule has 0 aliphatic rings. The number of hydrogen-bond donors (Lipinski definition) is 0. The van der Waals surface area contributed by atoms with Gasteiger partial charge in [-0.1, -0.05) is 236 Å². The lowest BCUT2D eigenvalue weighted by Crippen LogP contribution is -2.74. The molecule has 0 spiro atoms. The fourth-order valence-corrected chi connectivity index (χ4v) is 13.1. The molecule has 0 unspecified atom stereocenters. The summed E-state index contributed by atoms with van der Waals surface area (Å²) in [4.78, 5) is 13.7. The van der Waals surface area contributed by atoms with Crippen molar-refractivity contribution in [1.82, 2.24) is 28.7 Å². The van der Waals surface area contributed by atoms with Crippen LogP contribution in [0.1, 0.15) is 52.1 Å². The van der Waals surface area contributed by atoms with Gasteiger partial charge in [-0.25, -0.2) is 4.98 Å². The lowest BCUT2D eigenvalue weighted by Gasteiger charge is -2.34. The maximum absolute atomic E-state index is 10.5. The average Bonchev–Trinajstić information content (AvgIpc) is 1.48. The first-order valence-corrected chi connectivity index (χ1v) is 24.8. The summed E-state index contributed by atoms with van der Waals surface area (Å²) in [6.07, 6.45) is 0. The highest BCUT2D eigenvalue weighted by molar-refractivity contribution is 7.19. The van der Waals surface area contributed by atoms with Crippen LogP contribution in [-0.2, 0) is 0 Å². The Morgan fingerprint density at radius 2 is 0.776 bits per heavy atom. The Balaban J connectivity index is 1.18. The van der Waals surface area contributed by atoms with Crippen molar-refractivity contribution in [3.63, 3.8) is 0 Å². The minimum Gasteiger partial charge on any atom is -0.309 e. The van der Waals surface area contributed by atoms with Gasteiger partial charge in [0.1, 0.15) is 0 Å². The van der Waals surface area contributed by atoms with Gasteiger partial charge < -0.3 is 9.13 Å². The highest BCUT2D eigenvalue weighted by Crippen LogP contribution is 2.41. The maximum Gasteiger partial charge on any atom is 0.238 e. The van der Waals surface area contributed by atoms with Gasteiger partial charge in [0.05, 0.1) is 90.9 Å². The lowest BCUT2D eigenvalue weighted by atomic mass is 10.1. The summed E-state index contributed by atoms with van der Waals surface area (Å²) in [5.74, 6) is -3.55. The second-order valence-corrected chi connectivity index (χ2v) is 20.2. The number of para-hydroxylation sites is 5. The molecule has 0 bridgehead atoms. The van der Waals surface area contributed by atoms with E-state index in [0.717, 1.165) is 4.57 Å². The van der Waals surface area contributed by atoms with E-state index in [9.17, 15) is 32.9 Å². The topological polar surface area (TPSA) is 53.5 Å². The van der Waals surface area contributed by atoms with E-state index in [1.807, 2.05) is 0 Å². The summed E-state index contributed by atoms with van der Waals surface area (Å²) >= 11 is 0. The molecule has 7 heteroatoms. The van der Waals surface area contributed by atoms with Crippen LogP contribution in [0.3, 0.4) is 0 Å². The Morgan fingerprint density at radius 3 is 1.37 bits per heavy atom. The molecule has 6 nitrogen and oxygen atoms in total. The number of benzene rings is 11. The minimum absolute atomic E-state index is 0.362. The quantitative estimate of drug-likeness (QED) is 0.107. The van der Waals surface area contributed by atoms with Gasteiger partial charge in [-0.05, 0) is 63.1 Å². The van der Waals surface area contributed by atoms with Crippen molar-refractivity contribution in [2.45, 2.75) is 0 Å². The Labute approximate surface area is 493 Å². The molecular formula is C69H46N6Si. The van der Waals surface area contributed by atoms with E-state index < -0.39 is 336 Å². The van der Waals surface area contributed by atoms with Gasteiger partial charge in [0, 0.05) is 49.1 Å². The third kappa shape index (κ3) is 6.69. The number of hydrogen-bond acceptors (Lipinski definition) is 3. The summed E-state index contributed by atoms with van der Waals surface area (Å²) < 4.78 is 363. The SMILES string of the molecule is [2H]c1c([2H])c([2H])c(-c2nc(-c3c([2H])c([2H])c([Si](c4c([2H])c([2H])c([2H])c([2H])c4[2H])(c4c([2H])c([2H])c([2H])c([2H])c4[2H])c4c([2H])c([2H])c([2H])c([2H])c4[2H])c([2H])c3[2H])nc(-n3c4c([2H])c([2H])c([2H])c([2H])c4c4c([2H])c([2H])c([2H])c(-n5c6c([2H])c([2H])c([2H])c([2H])c6c6c([2H])c([2H])c(-n7c8ccccc8c8ccccc87)c([2H])c65)c43)n2)c([2H])c1[2H]. The van der Waals surface area contributed by atoms with Gasteiger partial charge in [-0.2, -0.15) is 9.97 Å². The van der Waals surface area contributed by atoms with E-state index >= 15 is 0 Å². The van der Waals surface area contributed by atoms with Crippen LogP contribution in [0.5, 0.6) is 0 Å². The summed E-state index contributed by atoms with van der Waals surface area (Å²) in [5, 5.41) is -6.51. The van der Waals surface area contributed by atoms with Gasteiger partial charge in [-0.15, -0.1) is 0 Å². The Kier molecular flexibility index (Phi) is 4.65. The third-order valence-corrected chi connectivity index (χ3v) is 16.8. The second kappa shape index (κ2) is 17.6. The zero-order valence-corrected chi connectivity index (χ0v) is 39.3. The zero-order valence-electron chi connectivity index (χ0n) is 76.3. The zero-order chi connectivity index (χ0) is 83.2. The first kappa shape index (κ1) is 20.1. The van der Waals surface area contributed by atoms with Gasteiger partial charge in [0.2, 0.25) is 5.95 Å². The van der Waals surface area contributed by atoms with E-state index in [1.165, 1.54) is 4.57 Å². The van der Waals surface area contributed by atoms with Crippen LogP contribution in [0.4, 0.5) is 0 Å². The normalized spacial score (nSPS) is 18.9. The van der Waals surface area contributed by atoms with E-state index in [0.29, 0.717) is 26.4 Å². The molecule has 0 N–H and O–H groups in total. The first-order valence-electron chi connectivity index (χ1n) is 41.8. The first-order chi connectivity index (χ1) is 53.5. The molecule has 0 atom stereocenters. The smallest absolute Gasteiger partial charge is 0.238 e. The van der Waals surface area contributed by atoms with E-state index in [1.54, 1.807) is 48.5 Å². The van der Waals surface area contributed by atoms with Crippen LogP contribution in [0.15, 0.2) is 278 Å². The Bertz CT molecular complexity index is 6690. The van der Waals surface area contributed by atoms with Crippen molar-refractivity contribution in [1.29, 1.82) is 0 Å². The van der Waals surface area contributed by atoms with Crippen LogP contribution in [0, 0.1) is 0 Å². The molecular weight excluding hydrogens is 941 g/mol. The van der Waals surface area contributed by atoms with Crippen LogP contribution in [0.25, 0.3) is 106 Å². The largest absolute Gasteiger partial charge is 0.309 e. The Hall–Kier alpha value is -9.95. The fourth-order valence-electron chi connectivity index (χ4n) is 9.64.